The van der Waals surface area contributed by atoms with Crippen molar-refractivity contribution >= 4 is 11.9 Å². The van der Waals surface area contributed by atoms with Gasteiger partial charge in [0.1, 0.15) is 5.76 Å². The van der Waals surface area contributed by atoms with E-state index in [1.165, 1.54) is 18.0 Å². The van der Waals surface area contributed by atoms with Crippen molar-refractivity contribution in [2.24, 2.45) is 5.92 Å². The van der Waals surface area contributed by atoms with Crippen LogP contribution in [0.5, 0.6) is 0 Å². The Bertz CT molecular complexity index is 399. The van der Waals surface area contributed by atoms with Gasteiger partial charge in [-0.1, -0.05) is 12.1 Å². The van der Waals surface area contributed by atoms with Crippen molar-refractivity contribution in [3.8, 4) is 0 Å². The molecule has 1 unspecified atom stereocenters. The molecule has 6 nitrogen and oxygen atoms in total. The van der Waals surface area contributed by atoms with Crippen LogP contribution in [0, 0.1) is 12.8 Å². The first kappa shape index (κ1) is 12.2. The van der Waals surface area contributed by atoms with E-state index in [-0.39, 0.29) is 18.1 Å². The van der Waals surface area contributed by atoms with Crippen LogP contribution in [0.3, 0.4) is 0 Å². The predicted molar refractivity (Wildman–Crippen MR) is 55.0 cm³/mol. The van der Waals surface area contributed by atoms with Gasteiger partial charge in [0, 0.05) is 19.7 Å². The standard InChI is InChI=1S/C10H14N2O4/c1-6(10(14)15)5-12(3)9(13)8-4-7(2)16-11-8/h4,6H,5H2,1-3H3,(H,14,15). The molecule has 6 heteroatoms. The molecule has 0 spiro atoms. The molecule has 1 aromatic rings. The molecule has 0 aliphatic rings. The molecule has 0 saturated carbocycles. The molecule has 1 N–H and O–H groups in total. The van der Waals surface area contributed by atoms with Crippen molar-refractivity contribution in [3.05, 3.63) is 17.5 Å². The lowest BCUT2D eigenvalue weighted by atomic mass is 10.1. The molecule has 0 aromatic carbocycles. The molecule has 1 atom stereocenters. The number of aliphatic carboxylic acids is 1. The Labute approximate surface area is 92.8 Å². The molecule has 0 radical (unpaired) electrons. The fourth-order valence-corrected chi connectivity index (χ4v) is 1.23. The molecule has 1 amide bonds. The first-order chi connectivity index (χ1) is 7.41. The van der Waals surface area contributed by atoms with E-state index in [9.17, 15) is 9.59 Å². The van der Waals surface area contributed by atoms with Gasteiger partial charge in [-0.25, -0.2) is 0 Å². The van der Waals surface area contributed by atoms with Crippen LogP contribution in [0.1, 0.15) is 23.2 Å². The number of aromatic nitrogens is 1. The van der Waals surface area contributed by atoms with E-state index in [0.29, 0.717) is 5.76 Å². The average molecular weight is 226 g/mol. The van der Waals surface area contributed by atoms with E-state index < -0.39 is 11.9 Å². The summed E-state index contributed by atoms with van der Waals surface area (Å²) in [4.78, 5) is 23.7. The van der Waals surface area contributed by atoms with Crippen LogP contribution in [0.4, 0.5) is 0 Å². The molecule has 1 rings (SSSR count). The first-order valence-electron chi connectivity index (χ1n) is 4.83. The molecule has 0 bridgehead atoms. The monoisotopic (exact) mass is 226 g/mol. The minimum Gasteiger partial charge on any atom is -0.481 e. The highest BCUT2D eigenvalue weighted by Crippen LogP contribution is 2.06. The lowest BCUT2D eigenvalue weighted by molar-refractivity contribution is -0.141. The maximum absolute atomic E-state index is 11.7. The van der Waals surface area contributed by atoms with Gasteiger partial charge in [-0.3, -0.25) is 9.59 Å². The van der Waals surface area contributed by atoms with Gasteiger partial charge in [0.25, 0.3) is 5.91 Å². The molecule has 16 heavy (non-hydrogen) atoms. The number of hydrogen-bond acceptors (Lipinski definition) is 4. The van der Waals surface area contributed by atoms with E-state index in [1.54, 1.807) is 13.8 Å². The van der Waals surface area contributed by atoms with Crippen LogP contribution in [0.2, 0.25) is 0 Å². The summed E-state index contributed by atoms with van der Waals surface area (Å²) in [5, 5.41) is 12.3. The van der Waals surface area contributed by atoms with Crippen LogP contribution < -0.4 is 0 Å². The van der Waals surface area contributed by atoms with E-state index in [1.807, 2.05) is 0 Å². The normalized spacial score (nSPS) is 12.2. The molecular formula is C10H14N2O4. The van der Waals surface area contributed by atoms with E-state index in [0.717, 1.165) is 0 Å². The summed E-state index contributed by atoms with van der Waals surface area (Å²) >= 11 is 0. The minimum atomic E-state index is -0.934. The molecular weight excluding hydrogens is 212 g/mol. The summed E-state index contributed by atoms with van der Waals surface area (Å²) in [7, 11) is 1.53. The largest absolute Gasteiger partial charge is 0.481 e. The molecule has 1 aromatic heterocycles. The van der Waals surface area contributed by atoms with Gasteiger partial charge in [0.2, 0.25) is 0 Å². The second kappa shape index (κ2) is 4.78. The zero-order valence-corrected chi connectivity index (χ0v) is 9.43. The van der Waals surface area contributed by atoms with E-state index >= 15 is 0 Å². The lowest BCUT2D eigenvalue weighted by Gasteiger charge is -2.17. The Morgan fingerprint density at radius 3 is 2.69 bits per heavy atom. The first-order valence-corrected chi connectivity index (χ1v) is 4.83. The van der Waals surface area contributed by atoms with Gasteiger partial charge in [0.15, 0.2) is 5.69 Å². The van der Waals surface area contributed by atoms with Crippen LogP contribution in [-0.2, 0) is 4.79 Å². The fourth-order valence-electron chi connectivity index (χ4n) is 1.23. The van der Waals surface area contributed by atoms with Gasteiger partial charge < -0.3 is 14.5 Å². The Morgan fingerprint density at radius 1 is 1.62 bits per heavy atom. The third kappa shape index (κ3) is 2.82. The topological polar surface area (TPSA) is 83.6 Å². The van der Waals surface area contributed by atoms with Gasteiger partial charge >= 0.3 is 5.97 Å². The number of carboxylic acids is 1. The Morgan fingerprint density at radius 2 is 2.25 bits per heavy atom. The molecule has 1 heterocycles. The minimum absolute atomic E-state index is 0.139. The van der Waals surface area contributed by atoms with Crippen molar-refractivity contribution in [1.82, 2.24) is 10.1 Å². The highest BCUT2D eigenvalue weighted by atomic mass is 16.5. The second-order valence-electron chi connectivity index (χ2n) is 3.75. The quantitative estimate of drug-likeness (QED) is 0.820. The van der Waals surface area contributed by atoms with Gasteiger partial charge in [-0.05, 0) is 6.92 Å². The number of hydrogen-bond donors (Lipinski definition) is 1. The number of carboxylic acid groups (broad SMARTS) is 1. The second-order valence-corrected chi connectivity index (χ2v) is 3.75. The molecule has 0 aliphatic heterocycles. The van der Waals surface area contributed by atoms with Crippen molar-refractivity contribution in [3.63, 3.8) is 0 Å². The number of amides is 1. The van der Waals surface area contributed by atoms with Crippen LogP contribution in [-0.4, -0.2) is 40.6 Å². The smallest absolute Gasteiger partial charge is 0.308 e. The number of aryl methyl sites for hydroxylation is 1. The summed E-state index contributed by atoms with van der Waals surface area (Å²) in [6.45, 7) is 3.36. The van der Waals surface area contributed by atoms with Crippen molar-refractivity contribution in [2.45, 2.75) is 13.8 Å². The van der Waals surface area contributed by atoms with Gasteiger partial charge in [0.05, 0.1) is 5.92 Å². The summed E-state index contributed by atoms with van der Waals surface area (Å²) < 4.78 is 4.77. The zero-order valence-electron chi connectivity index (χ0n) is 9.43. The molecule has 88 valence electrons. The summed E-state index contributed by atoms with van der Waals surface area (Å²) in [6, 6.07) is 1.52. The Balaban J connectivity index is 2.64. The number of carbonyl (C=O) groups excluding carboxylic acids is 1. The third-order valence-corrected chi connectivity index (χ3v) is 2.16. The summed E-state index contributed by atoms with van der Waals surface area (Å²) in [6.07, 6.45) is 0. The van der Waals surface area contributed by atoms with Gasteiger partial charge in [-0.2, -0.15) is 0 Å². The van der Waals surface area contributed by atoms with Crippen LogP contribution >= 0.6 is 0 Å². The number of carbonyl (C=O) groups is 2. The fraction of sp³-hybridized carbons (Fsp3) is 0.500. The summed E-state index contributed by atoms with van der Waals surface area (Å²) in [5.41, 5.74) is 0.192. The maximum Gasteiger partial charge on any atom is 0.308 e. The van der Waals surface area contributed by atoms with Crippen LogP contribution in [0.15, 0.2) is 10.6 Å². The SMILES string of the molecule is Cc1cc(C(=O)N(C)CC(C)C(=O)O)no1. The maximum atomic E-state index is 11.7. The van der Waals surface area contributed by atoms with E-state index in [4.69, 9.17) is 9.63 Å². The van der Waals surface area contributed by atoms with Crippen molar-refractivity contribution < 1.29 is 19.2 Å². The van der Waals surface area contributed by atoms with Crippen molar-refractivity contribution in [2.75, 3.05) is 13.6 Å². The molecule has 0 saturated heterocycles. The summed E-state index contributed by atoms with van der Waals surface area (Å²) in [5.74, 6) is -1.34. The van der Waals surface area contributed by atoms with Gasteiger partial charge in [-0.15, -0.1) is 0 Å². The predicted octanol–water partition coefficient (Wildman–Crippen LogP) is 0.776. The third-order valence-electron chi connectivity index (χ3n) is 2.16. The highest BCUT2D eigenvalue weighted by molar-refractivity contribution is 5.92. The van der Waals surface area contributed by atoms with Crippen molar-refractivity contribution in [1.29, 1.82) is 0 Å². The van der Waals surface area contributed by atoms with Crippen LogP contribution in [0.25, 0.3) is 0 Å². The average Bonchev–Trinajstić information content (AvgIpc) is 2.63. The molecule has 0 aliphatic carbocycles. The number of rotatable bonds is 4. The zero-order chi connectivity index (χ0) is 12.3. The molecule has 0 fully saturated rings. The highest BCUT2D eigenvalue weighted by Gasteiger charge is 2.20. The lowest BCUT2D eigenvalue weighted by Crippen LogP contribution is -2.33. The van der Waals surface area contributed by atoms with E-state index in [2.05, 4.69) is 5.16 Å². The number of nitrogens with zero attached hydrogens (tertiary/aromatic N) is 2. The Hall–Kier alpha value is -1.85. The Kier molecular flexibility index (Phi) is 3.65.